The monoisotopic (exact) mass is 503 g/mol. The number of nitrogens with one attached hydrogen (secondary N) is 1. The van der Waals surface area contributed by atoms with E-state index in [-0.39, 0.29) is 35.5 Å². The van der Waals surface area contributed by atoms with Gasteiger partial charge in [-0.3, -0.25) is 4.99 Å². The third-order valence-electron chi connectivity index (χ3n) is 4.21. The minimum atomic E-state index is -0.339. The Morgan fingerprint density at radius 2 is 2.11 bits per heavy atom. The maximum absolute atomic E-state index is 13.6. The Balaban J connectivity index is 0.00000392. The summed E-state index contributed by atoms with van der Waals surface area (Å²) < 4.78 is 21.3. The number of aromatic nitrogens is 2. The third kappa shape index (κ3) is 8.04. The van der Waals surface area contributed by atoms with Gasteiger partial charge in [-0.05, 0) is 38.8 Å². The van der Waals surface area contributed by atoms with E-state index in [1.54, 1.807) is 18.2 Å². The van der Waals surface area contributed by atoms with Gasteiger partial charge in [-0.15, -0.1) is 24.0 Å². The molecule has 156 valence electrons. The van der Waals surface area contributed by atoms with E-state index >= 15 is 0 Å². The number of hydrogen-bond donors (Lipinski definition) is 1. The van der Waals surface area contributed by atoms with Crippen LogP contribution in [0.1, 0.15) is 25.6 Å². The predicted molar refractivity (Wildman–Crippen MR) is 122 cm³/mol. The van der Waals surface area contributed by atoms with Crippen LogP contribution in [-0.4, -0.2) is 53.7 Å². The first-order valence-electron chi connectivity index (χ1n) is 9.46. The van der Waals surface area contributed by atoms with Crippen LogP contribution < -0.4 is 10.1 Å². The average Bonchev–Trinajstić information content (AvgIpc) is 3.07. The Morgan fingerprint density at radius 3 is 2.79 bits per heavy atom. The Hall–Kier alpha value is -1.84. The number of benzene rings is 1. The minimum absolute atomic E-state index is 0. The summed E-state index contributed by atoms with van der Waals surface area (Å²) in [7, 11) is 1.96. The lowest BCUT2D eigenvalue weighted by Gasteiger charge is -2.22. The summed E-state index contributed by atoms with van der Waals surface area (Å²) in [5, 5.41) is 3.29. The molecule has 28 heavy (non-hydrogen) atoms. The molecule has 0 radical (unpaired) electrons. The summed E-state index contributed by atoms with van der Waals surface area (Å²) in [6.07, 6.45) is 5.90. The van der Waals surface area contributed by atoms with Gasteiger partial charge in [0.25, 0.3) is 0 Å². The molecule has 2 rings (SSSR count). The quantitative estimate of drug-likeness (QED) is 0.233. The molecule has 0 aliphatic carbocycles. The van der Waals surface area contributed by atoms with Crippen molar-refractivity contribution < 1.29 is 9.13 Å². The van der Waals surface area contributed by atoms with Crippen molar-refractivity contribution >= 4 is 29.9 Å². The Morgan fingerprint density at radius 1 is 1.32 bits per heavy atom. The van der Waals surface area contributed by atoms with Gasteiger partial charge in [-0.2, -0.15) is 0 Å². The fourth-order valence-electron chi connectivity index (χ4n) is 2.65. The van der Waals surface area contributed by atoms with Crippen molar-refractivity contribution in [2.45, 2.75) is 33.2 Å². The molecule has 0 saturated carbocycles. The highest BCUT2D eigenvalue weighted by atomic mass is 127. The van der Waals surface area contributed by atoms with Crippen molar-refractivity contribution in [2.24, 2.45) is 4.99 Å². The number of guanidine groups is 1. The lowest BCUT2D eigenvalue weighted by molar-refractivity contribution is 0.270. The normalized spacial score (nSPS) is 11.1. The van der Waals surface area contributed by atoms with Crippen LogP contribution in [0.15, 0.2) is 41.7 Å². The fourth-order valence-corrected chi connectivity index (χ4v) is 2.65. The fraction of sp³-hybridized carbons (Fsp3) is 0.500. The summed E-state index contributed by atoms with van der Waals surface area (Å²) in [5.41, 5.74) is 0. The number of unbranched alkanes of at least 4 members (excludes halogenated alkanes) is 1. The van der Waals surface area contributed by atoms with E-state index < -0.39 is 0 Å². The highest BCUT2D eigenvalue weighted by Gasteiger charge is 2.07. The maximum atomic E-state index is 13.6. The molecule has 0 spiro atoms. The molecule has 0 fully saturated rings. The first kappa shape index (κ1) is 24.2. The predicted octanol–water partition coefficient (Wildman–Crippen LogP) is 3.71. The third-order valence-corrected chi connectivity index (χ3v) is 4.21. The number of ether oxygens (including phenoxy) is 1. The molecule has 0 atom stereocenters. The molecule has 8 heteroatoms. The van der Waals surface area contributed by atoms with E-state index in [0.29, 0.717) is 13.2 Å². The number of hydrogen-bond acceptors (Lipinski definition) is 3. The van der Waals surface area contributed by atoms with Gasteiger partial charge in [0.15, 0.2) is 17.5 Å². The molecular formula is C20H31FIN5O. The molecule has 2 aromatic rings. The minimum Gasteiger partial charge on any atom is -0.489 e. The number of aliphatic imine (C=N–C) groups is 1. The van der Waals surface area contributed by atoms with Crippen molar-refractivity contribution in [1.29, 1.82) is 0 Å². The number of imidazole rings is 1. The van der Waals surface area contributed by atoms with Crippen LogP contribution in [0.25, 0.3) is 0 Å². The van der Waals surface area contributed by atoms with Crippen molar-refractivity contribution in [2.75, 3.05) is 33.3 Å². The average molecular weight is 503 g/mol. The number of para-hydroxylation sites is 1. The molecule has 0 unspecified atom stereocenters. The van der Waals surface area contributed by atoms with E-state index in [2.05, 4.69) is 19.9 Å². The van der Waals surface area contributed by atoms with Gasteiger partial charge in [-0.25, -0.2) is 9.37 Å². The molecule has 1 aromatic carbocycles. The van der Waals surface area contributed by atoms with Gasteiger partial charge in [0.1, 0.15) is 12.4 Å². The standard InChI is InChI=1S/C20H30FN5O.HI/c1-4-22-20(24-11-7-8-13-26-14-12-23-17(26)2)25(3)15-16-27-19-10-6-5-9-18(19)21;/h5-6,9-10,12,14H,4,7-8,11,13,15-16H2,1-3H3,(H,22,24);1H. The number of rotatable bonds is 10. The first-order chi connectivity index (χ1) is 13.1. The van der Waals surface area contributed by atoms with E-state index in [1.165, 1.54) is 6.07 Å². The zero-order valence-electron chi connectivity index (χ0n) is 16.9. The molecule has 1 N–H and O–H groups in total. The lowest BCUT2D eigenvalue weighted by atomic mass is 10.3. The second kappa shape index (κ2) is 13.4. The second-order valence-electron chi connectivity index (χ2n) is 6.31. The van der Waals surface area contributed by atoms with Crippen LogP contribution in [0, 0.1) is 12.7 Å². The molecular weight excluding hydrogens is 472 g/mol. The number of aryl methyl sites for hydroxylation is 2. The summed E-state index contributed by atoms with van der Waals surface area (Å²) in [6, 6.07) is 6.45. The smallest absolute Gasteiger partial charge is 0.193 e. The molecule has 0 saturated heterocycles. The van der Waals surface area contributed by atoms with Crippen molar-refractivity contribution in [3.63, 3.8) is 0 Å². The lowest BCUT2D eigenvalue weighted by Crippen LogP contribution is -2.41. The summed E-state index contributed by atoms with van der Waals surface area (Å²) in [6.45, 7) is 7.58. The van der Waals surface area contributed by atoms with Crippen LogP contribution in [0.3, 0.4) is 0 Å². The molecule has 1 heterocycles. The molecule has 0 bridgehead atoms. The van der Waals surface area contributed by atoms with Crippen molar-refractivity contribution in [3.8, 4) is 5.75 Å². The molecule has 0 aliphatic rings. The van der Waals surface area contributed by atoms with Gasteiger partial charge in [-0.1, -0.05) is 12.1 Å². The van der Waals surface area contributed by atoms with Crippen molar-refractivity contribution in [1.82, 2.24) is 19.8 Å². The topological polar surface area (TPSA) is 54.7 Å². The highest BCUT2D eigenvalue weighted by molar-refractivity contribution is 14.0. The SMILES string of the molecule is CCNC(=NCCCCn1ccnc1C)N(C)CCOc1ccccc1F.I. The number of nitrogens with zero attached hydrogens (tertiary/aromatic N) is 4. The van der Waals surface area contributed by atoms with Gasteiger partial charge in [0, 0.05) is 39.1 Å². The van der Waals surface area contributed by atoms with Crippen LogP contribution in [-0.2, 0) is 6.54 Å². The Bertz CT molecular complexity index is 722. The molecule has 6 nitrogen and oxygen atoms in total. The maximum Gasteiger partial charge on any atom is 0.193 e. The number of halogens is 2. The van der Waals surface area contributed by atoms with Crippen LogP contribution in [0.5, 0.6) is 5.75 Å². The summed E-state index contributed by atoms with van der Waals surface area (Å²) >= 11 is 0. The van der Waals surface area contributed by atoms with E-state index in [9.17, 15) is 4.39 Å². The summed E-state index contributed by atoms with van der Waals surface area (Å²) in [4.78, 5) is 10.9. The van der Waals surface area contributed by atoms with Gasteiger partial charge < -0.3 is 19.5 Å². The van der Waals surface area contributed by atoms with Gasteiger partial charge in [0.2, 0.25) is 0 Å². The van der Waals surface area contributed by atoms with Gasteiger partial charge in [0.05, 0.1) is 6.54 Å². The molecule has 0 aliphatic heterocycles. The van der Waals surface area contributed by atoms with Crippen LogP contribution in [0.2, 0.25) is 0 Å². The zero-order chi connectivity index (χ0) is 19.5. The largest absolute Gasteiger partial charge is 0.489 e. The van der Waals surface area contributed by atoms with E-state index in [0.717, 1.165) is 44.3 Å². The Labute approximate surface area is 184 Å². The highest BCUT2D eigenvalue weighted by Crippen LogP contribution is 2.15. The van der Waals surface area contributed by atoms with E-state index in [4.69, 9.17) is 4.74 Å². The zero-order valence-corrected chi connectivity index (χ0v) is 19.2. The Kier molecular flexibility index (Phi) is 11.5. The first-order valence-corrected chi connectivity index (χ1v) is 9.46. The number of likely N-dealkylation sites (N-methyl/N-ethyl adjacent to an activating group) is 1. The second-order valence-corrected chi connectivity index (χ2v) is 6.31. The van der Waals surface area contributed by atoms with Crippen LogP contribution >= 0.6 is 24.0 Å². The summed E-state index contributed by atoms with van der Waals surface area (Å²) in [5.74, 6) is 1.83. The molecule has 1 aromatic heterocycles. The van der Waals surface area contributed by atoms with Crippen molar-refractivity contribution in [3.05, 3.63) is 48.3 Å². The van der Waals surface area contributed by atoms with E-state index in [1.807, 2.05) is 38.2 Å². The van der Waals surface area contributed by atoms with Crippen LogP contribution in [0.4, 0.5) is 4.39 Å². The molecule has 0 amide bonds. The van der Waals surface area contributed by atoms with Gasteiger partial charge >= 0.3 is 0 Å².